The Balaban J connectivity index is 1.86. The van der Waals surface area contributed by atoms with E-state index in [-0.39, 0.29) is 11.9 Å². The minimum atomic E-state index is -0.0356. The van der Waals surface area contributed by atoms with Crippen LogP contribution in [0, 0.1) is 5.92 Å². The van der Waals surface area contributed by atoms with Gasteiger partial charge in [0.15, 0.2) is 0 Å². The lowest BCUT2D eigenvalue weighted by molar-refractivity contribution is -0.149. The molecule has 4 heteroatoms. The van der Waals surface area contributed by atoms with Gasteiger partial charge in [0, 0.05) is 18.4 Å². The summed E-state index contributed by atoms with van der Waals surface area (Å²) in [6.07, 6.45) is 8.00. The molecule has 1 aromatic heterocycles. The number of ether oxygens (including phenoxy) is 1. The van der Waals surface area contributed by atoms with Crippen LogP contribution < -0.4 is 5.43 Å². The summed E-state index contributed by atoms with van der Waals surface area (Å²) >= 11 is 0. The van der Waals surface area contributed by atoms with Gasteiger partial charge in [-0.05, 0) is 38.3 Å². The molecule has 17 heavy (non-hydrogen) atoms. The van der Waals surface area contributed by atoms with Crippen molar-refractivity contribution in [1.29, 1.82) is 0 Å². The number of nitrogens with zero attached hydrogens (tertiary/aromatic N) is 1. The van der Waals surface area contributed by atoms with Gasteiger partial charge in [0.1, 0.15) is 0 Å². The molecule has 0 saturated heterocycles. The van der Waals surface area contributed by atoms with Crippen LogP contribution in [0.5, 0.6) is 0 Å². The van der Waals surface area contributed by atoms with Gasteiger partial charge in [0.2, 0.25) is 0 Å². The predicted molar refractivity (Wildman–Crippen MR) is 66.2 cm³/mol. The zero-order valence-corrected chi connectivity index (χ0v) is 10.3. The number of esters is 1. The van der Waals surface area contributed by atoms with Crippen molar-refractivity contribution in [3.8, 4) is 0 Å². The molecule has 94 valence electrons. The van der Waals surface area contributed by atoms with Gasteiger partial charge in [-0.25, -0.2) is 0 Å². The third kappa shape index (κ3) is 3.25. The van der Waals surface area contributed by atoms with Gasteiger partial charge in [-0.1, -0.05) is 6.42 Å². The first-order valence-corrected chi connectivity index (χ1v) is 6.35. The van der Waals surface area contributed by atoms with E-state index in [1.165, 1.54) is 0 Å². The first-order chi connectivity index (χ1) is 8.29. The molecule has 0 aromatic carbocycles. The standard InChI is InChI=1S/C13H20N2O2/c1-2-17-13(16)11-6-5-7-12(10-11)14-15-8-3-4-9-15/h3-4,8-9,11-12,14H,2,5-7,10H2,1H3. The molecule has 4 nitrogen and oxygen atoms in total. The molecule has 2 rings (SSSR count). The molecule has 1 fully saturated rings. The Morgan fingerprint density at radius 3 is 2.88 bits per heavy atom. The molecule has 0 aliphatic heterocycles. The first kappa shape index (κ1) is 12.0. The second kappa shape index (κ2) is 5.75. The van der Waals surface area contributed by atoms with Crippen molar-refractivity contribution in [1.82, 2.24) is 4.68 Å². The van der Waals surface area contributed by atoms with E-state index in [4.69, 9.17) is 4.74 Å². The van der Waals surface area contributed by atoms with E-state index in [1.807, 2.05) is 36.1 Å². The van der Waals surface area contributed by atoms with Gasteiger partial charge in [-0.3, -0.25) is 9.47 Å². The van der Waals surface area contributed by atoms with Crippen molar-refractivity contribution in [2.45, 2.75) is 38.6 Å². The number of hydrogen-bond donors (Lipinski definition) is 1. The average Bonchev–Trinajstić information content (AvgIpc) is 2.82. The molecule has 1 saturated carbocycles. The first-order valence-electron chi connectivity index (χ1n) is 6.35. The highest BCUT2D eigenvalue weighted by atomic mass is 16.5. The number of aromatic nitrogens is 1. The summed E-state index contributed by atoms with van der Waals surface area (Å²) in [6.45, 7) is 2.33. The van der Waals surface area contributed by atoms with E-state index in [2.05, 4.69) is 5.43 Å². The smallest absolute Gasteiger partial charge is 0.308 e. The predicted octanol–water partition coefficient (Wildman–Crippen LogP) is 2.15. The van der Waals surface area contributed by atoms with Crippen LogP contribution in [0.25, 0.3) is 0 Å². The number of nitrogens with one attached hydrogen (secondary N) is 1. The van der Waals surface area contributed by atoms with Crippen LogP contribution in [0.1, 0.15) is 32.6 Å². The number of rotatable bonds is 4. The van der Waals surface area contributed by atoms with Crippen LogP contribution in [0.2, 0.25) is 0 Å². The Bertz CT molecular complexity index is 348. The molecule has 2 unspecified atom stereocenters. The number of carbonyl (C=O) groups is 1. The van der Waals surface area contributed by atoms with Gasteiger partial charge in [-0.2, -0.15) is 0 Å². The van der Waals surface area contributed by atoms with Crippen LogP contribution in [0.4, 0.5) is 0 Å². The van der Waals surface area contributed by atoms with Crippen LogP contribution in [0.3, 0.4) is 0 Å². The maximum absolute atomic E-state index is 11.7. The fourth-order valence-corrected chi connectivity index (χ4v) is 2.41. The molecular weight excluding hydrogens is 216 g/mol. The van der Waals surface area contributed by atoms with Crippen molar-refractivity contribution in [3.63, 3.8) is 0 Å². The molecule has 1 aromatic rings. The normalized spacial score (nSPS) is 24.3. The lowest BCUT2D eigenvalue weighted by Gasteiger charge is -2.29. The Morgan fingerprint density at radius 1 is 1.41 bits per heavy atom. The summed E-state index contributed by atoms with van der Waals surface area (Å²) in [4.78, 5) is 11.7. The maximum atomic E-state index is 11.7. The van der Waals surface area contributed by atoms with Crippen LogP contribution in [-0.2, 0) is 9.53 Å². The van der Waals surface area contributed by atoms with Crippen molar-refractivity contribution < 1.29 is 9.53 Å². The fourth-order valence-electron chi connectivity index (χ4n) is 2.41. The van der Waals surface area contributed by atoms with Crippen LogP contribution in [-0.4, -0.2) is 23.3 Å². The van der Waals surface area contributed by atoms with Crippen molar-refractivity contribution in [2.24, 2.45) is 5.92 Å². The Morgan fingerprint density at radius 2 is 2.18 bits per heavy atom. The average molecular weight is 236 g/mol. The molecule has 0 amide bonds. The summed E-state index contributed by atoms with van der Waals surface area (Å²) in [5, 5.41) is 0. The van der Waals surface area contributed by atoms with Gasteiger partial charge < -0.3 is 10.2 Å². The highest BCUT2D eigenvalue weighted by Crippen LogP contribution is 2.25. The molecule has 1 N–H and O–H groups in total. The Hall–Kier alpha value is -1.45. The molecule has 0 spiro atoms. The van der Waals surface area contributed by atoms with Crippen LogP contribution >= 0.6 is 0 Å². The molecular formula is C13H20N2O2. The third-order valence-electron chi connectivity index (χ3n) is 3.23. The van der Waals surface area contributed by atoms with Gasteiger partial charge >= 0.3 is 5.97 Å². The summed E-state index contributed by atoms with van der Waals surface area (Å²) < 4.78 is 7.05. The van der Waals surface area contributed by atoms with E-state index in [1.54, 1.807) is 0 Å². The van der Waals surface area contributed by atoms with Gasteiger partial charge in [0.25, 0.3) is 0 Å². The van der Waals surface area contributed by atoms with E-state index in [9.17, 15) is 4.79 Å². The third-order valence-corrected chi connectivity index (χ3v) is 3.23. The topological polar surface area (TPSA) is 43.3 Å². The molecule has 0 bridgehead atoms. The SMILES string of the molecule is CCOC(=O)C1CCCC(Nn2cccc2)C1. The Labute approximate surface area is 102 Å². The summed E-state index contributed by atoms with van der Waals surface area (Å²) in [5.41, 5.74) is 3.40. The van der Waals surface area contributed by atoms with Gasteiger partial charge in [0.05, 0.1) is 12.5 Å². The molecule has 1 heterocycles. The second-order valence-corrected chi connectivity index (χ2v) is 4.53. The summed E-state index contributed by atoms with van der Waals surface area (Å²) in [6, 6.07) is 4.34. The van der Waals surface area contributed by atoms with Crippen molar-refractivity contribution in [2.75, 3.05) is 12.0 Å². The van der Waals surface area contributed by atoms with E-state index >= 15 is 0 Å². The van der Waals surface area contributed by atoms with E-state index in [0.717, 1.165) is 25.7 Å². The van der Waals surface area contributed by atoms with E-state index in [0.29, 0.717) is 12.6 Å². The number of carbonyl (C=O) groups excluding carboxylic acids is 1. The zero-order chi connectivity index (χ0) is 12.1. The monoisotopic (exact) mass is 236 g/mol. The fraction of sp³-hybridized carbons (Fsp3) is 0.615. The highest BCUT2D eigenvalue weighted by Gasteiger charge is 2.28. The summed E-state index contributed by atoms with van der Waals surface area (Å²) in [5.74, 6) is 0.0308. The molecule has 1 aliphatic rings. The zero-order valence-electron chi connectivity index (χ0n) is 10.3. The largest absolute Gasteiger partial charge is 0.466 e. The minimum Gasteiger partial charge on any atom is -0.466 e. The maximum Gasteiger partial charge on any atom is 0.308 e. The Kier molecular flexibility index (Phi) is 4.07. The molecule has 1 aliphatic carbocycles. The quantitative estimate of drug-likeness (QED) is 0.815. The highest BCUT2D eigenvalue weighted by molar-refractivity contribution is 5.72. The number of hydrogen-bond acceptors (Lipinski definition) is 3. The summed E-state index contributed by atoms with van der Waals surface area (Å²) in [7, 11) is 0. The molecule has 2 atom stereocenters. The van der Waals surface area contributed by atoms with Gasteiger partial charge in [-0.15, -0.1) is 0 Å². The lowest BCUT2D eigenvalue weighted by atomic mass is 9.86. The van der Waals surface area contributed by atoms with Crippen molar-refractivity contribution in [3.05, 3.63) is 24.5 Å². The second-order valence-electron chi connectivity index (χ2n) is 4.53. The molecule has 0 radical (unpaired) electrons. The minimum absolute atomic E-state index is 0.0356. The van der Waals surface area contributed by atoms with E-state index < -0.39 is 0 Å². The lowest BCUT2D eigenvalue weighted by Crippen LogP contribution is -2.35. The van der Waals surface area contributed by atoms with Crippen molar-refractivity contribution >= 4 is 5.97 Å². The van der Waals surface area contributed by atoms with Crippen LogP contribution in [0.15, 0.2) is 24.5 Å².